The summed E-state index contributed by atoms with van der Waals surface area (Å²) in [6.07, 6.45) is 6.12. The number of aliphatic imine (C=N–C) groups is 1. The molecular formula is C18H27N5. The first-order valence-electron chi connectivity index (χ1n) is 8.39. The molecular weight excluding hydrogens is 286 g/mol. The molecule has 0 atom stereocenters. The fraction of sp³-hybridized carbons (Fsp3) is 0.444. The standard InChI is InChI=1S/C18H27N5/c1-3-5-10-20-18(19-4-2)21-14-16-8-6-9-17(13-16)15-23-12-7-11-22-23/h6-9,11-13H,3-5,10,14-15H2,1-2H3,(H2,19,20,21). The van der Waals surface area contributed by atoms with Gasteiger partial charge in [0.1, 0.15) is 0 Å². The highest BCUT2D eigenvalue weighted by Crippen LogP contribution is 2.08. The Kier molecular flexibility index (Phi) is 7.17. The Labute approximate surface area is 138 Å². The summed E-state index contributed by atoms with van der Waals surface area (Å²) in [4.78, 5) is 4.67. The minimum absolute atomic E-state index is 0.675. The molecule has 1 aromatic carbocycles. The van der Waals surface area contributed by atoms with Crippen molar-refractivity contribution in [2.75, 3.05) is 13.1 Å². The van der Waals surface area contributed by atoms with Gasteiger partial charge in [0, 0.05) is 25.5 Å². The number of rotatable bonds is 8. The van der Waals surface area contributed by atoms with Gasteiger partial charge in [-0.05, 0) is 30.5 Å². The molecule has 23 heavy (non-hydrogen) atoms. The van der Waals surface area contributed by atoms with Crippen LogP contribution < -0.4 is 10.6 Å². The van der Waals surface area contributed by atoms with E-state index in [9.17, 15) is 0 Å². The van der Waals surface area contributed by atoms with E-state index in [1.54, 1.807) is 6.20 Å². The third kappa shape index (κ3) is 6.14. The van der Waals surface area contributed by atoms with Crippen LogP contribution in [0.1, 0.15) is 37.8 Å². The predicted octanol–water partition coefficient (Wildman–Crippen LogP) is 2.79. The molecule has 5 nitrogen and oxygen atoms in total. The lowest BCUT2D eigenvalue weighted by Crippen LogP contribution is -2.37. The summed E-state index contributed by atoms with van der Waals surface area (Å²) in [6.45, 7) is 7.57. The average Bonchev–Trinajstić information content (AvgIpc) is 3.06. The monoisotopic (exact) mass is 313 g/mol. The van der Waals surface area contributed by atoms with Crippen LogP contribution in [0, 0.1) is 0 Å². The summed E-state index contributed by atoms with van der Waals surface area (Å²) in [5.74, 6) is 0.887. The number of guanidine groups is 1. The summed E-state index contributed by atoms with van der Waals surface area (Å²) in [6, 6.07) is 10.5. The maximum atomic E-state index is 4.67. The largest absolute Gasteiger partial charge is 0.357 e. The number of nitrogens with zero attached hydrogens (tertiary/aromatic N) is 3. The summed E-state index contributed by atoms with van der Waals surface area (Å²) >= 11 is 0. The quantitative estimate of drug-likeness (QED) is 0.448. The number of nitrogens with one attached hydrogen (secondary N) is 2. The molecule has 2 rings (SSSR count). The normalized spacial score (nSPS) is 11.5. The molecule has 0 aliphatic carbocycles. The van der Waals surface area contributed by atoms with E-state index in [1.807, 2.05) is 16.9 Å². The molecule has 2 aromatic rings. The molecule has 0 spiro atoms. The van der Waals surface area contributed by atoms with E-state index < -0.39 is 0 Å². The fourth-order valence-corrected chi connectivity index (χ4v) is 2.30. The molecule has 0 amide bonds. The maximum absolute atomic E-state index is 4.67. The summed E-state index contributed by atoms with van der Waals surface area (Å²) in [5, 5.41) is 10.9. The van der Waals surface area contributed by atoms with Crippen molar-refractivity contribution in [3.8, 4) is 0 Å². The van der Waals surface area contributed by atoms with E-state index in [-0.39, 0.29) is 0 Å². The summed E-state index contributed by atoms with van der Waals surface area (Å²) in [5.41, 5.74) is 2.45. The van der Waals surface area contributed by atoms with Gasteiger partial charge in [0.05, 0.1) is 13.1 Å². The number of hydrogen-bond donors (Lipinski definition) is 2. The van der Waals surface area contributed by atoms with Crippen LogP contribution in [0.3, 0.4) is 0 Å². The zero-order valence-corrected chi connectivity index (χ0v) is 14.1. The second-order valence-corrected chi connectivity index (χ2v) is 5.50. The average molecular weight is 313 g/mol. The molecule has 0 bridgehead atoms. The van der Waals surface area contributed by atoms with Gasteiger partial charge < -0.3 is 10.6 Å². The molecule has 124 valence electrons. The Hall–Kier alpha value is -2.30. The lowest BCUT2D eigenvalue weighted by molar-refractivity contribution is 0.686. The number of benzene rings is 1. The van der Waals surface area contributed by atoms with Gasteiger partial charge in [0.2, 0.25) is 0 Å². The van der Waals surface area contributed by atoms with Gasteiger partial charge in [-0.3, -0.25) is 4.68 Å². The van der Waals surface area contributed by atoms with Crippen LogP contribution in [0.5, 0.6) is 0 Å². The Morgan fingerprint density at radius 1 is 1.17 bits per heavy atom. The zero-order chi connectivity index (χ0) is 16.3. The number of unbranched alkanes of at least 4 members (excludes halogenated alkanes) is 1. The lowest BCUT2D eigenvalue weighted by Gasteiger charge is -2.11. The predicted molar refractivity (Wildman–Crippen MR) is 95.5 cm³/mol. The Balaban J connectivity index is 1.95. The van der Waals surface area contributed by atoms with Gasteiger partial charge in [0.15, 0.2) is 5.96 Å². The zero-order valence-electron chi connectivity index (χ0n) is 14.1. The van der Waals surface area contributed by atoms with Crippen LogP contribution in [0.2, 0.25) is 0 Å². The van der Waals surface area contributed by atoms with Crippen LogP contribution in [0.25, 0.3) is 0 Å². The molecule has 0 saturated heterocycles. The van der Waals surface area contributed by atoms with Gasteiger partial charge in [-0.15, -0.1) is 0 Å². The van der Waals surface area contributed by atoms with Gasteiger partial charge in [-0.25, -0.2) is 4.99 Å². The van der Waals surface area contributed by atoms with Gasteiger partial charge in [0.25, 0.3) is 0 Å². The van der Waals surface area contributed by atoms with Crippen molar-refractivity contribution >= 4 is 5.96 Å². The molecule has 0 fully saturated rings. The lowest BCUT2D eigenvalue weighted by atomic mass is 10.1. The molecule has 2 N–H and O–H groups in total. The van der Waals surface area contributed by atoms with Gasteiger partial charge in [-0.2, -0.15) is 5.10 Å². The van der Waals surface area contributed by atoms with Crippen LogP contribution in [-0.2, 0) is 13.1 Å². The van der Waals surface area contributed by atoms with Crippen molar-refractivity contribution in [2.24, 2.45) is 4.99 Å². The van der Waals surface area contributed by atoms with Crippen LogP contribution in [-0.4, -0.2) is 28.8 Å². The first-order chi connectivity index (χ1) is 11.3. The van der Waals surface area contributed by atoms with Crippen LogP contribution in [0.4, 0.5) is 0 Å². The van der Waals surface area contributed by atoms with Crippen molar-refractivity contribution < 1.29 is 0 Å². The van der Waals surface area contributed by atoms with Crippen molar-refractivity contribution in [3.05, 3.63) is 53.9 Å². The van der Waals surface area contributed by atoms with Crippen molar-refractivity contribution in [1.82, 2.24) is 20.4 Å². The molecule has 1 heterocycles. The topological polar surface area (TPSA) is 54.2 Å². The van der Waals surface area contributed by atoms with E-state index in [0.29, 0.717) is 6.54 Å². The van der Waals surface area contributed by atoms with E-state index in [4.69, 9.17) is 0 Å². The second kappa shape index (κ2) is 9.66. The smallest absolute Gasteiger partial charge is 0.191 e. The van der Waals surface area contributed by atoms with E-state index >= 15 is 0 Å². The molecule has 0 aliphatic heterocycles. The molecule has 1 aromatic heterocycles. The molecule has 0 aliphatic rings. The minimum Gasteiger partial charge on any atom is -0.357 e. The third-order valence-corrected chi connectivity index (χ3v) is 3.48. The van der Waals surface area contributed by atoms with Crippen molar-refractivity contribution in [1.29, 1.82) is 0 Å². The first-order valence-corrected chi connectivity index (χ1v) is 8.39. The fourth-order valence-electron chi connectivity index (χ4n) is 2.30. The van der Waals surface area contributed by atoms with Gasteiger partial charge in [-0.1, -0.05) is 37.6 Å². The van der Waals surface area contributed by atoms with E-state index in [0.717, 1.165) is 32.0 Å². The van der Waals surface area contributed by atoms with Gasteiger partial charge >= 0.3 is 0 Å². The van der Waals surface area contributed by atoms with Crippen molar-refractivity contribution in [3.63, 3.8) is 0 Å². The SMILES string of the molecule is CCCCNC(=NCc1cccc(Cn2cccn2)c1)NCC. The molecule has 5 heteroatoms. The Bertz CT molecular complexity index is 589. The summed E-state index contributed by atoms with van der Waals surface area (Å²) < 4.78 is 1.93. The third-order valence-electron chi connectivity index (χ3n) is 3.48. The van der Waals surface area contributed by atoms with E-state index in [1.165, 1.54) is 17.5 Å². The molecule has 0 saturated carbocycles. The first kappa shape index (κ1) is 17.1. The van der Waals surface area contributed by atoms with E-state index in [2.05, 4.69) is 58.8 Å². The van der Waals surface area contributed by atoms with Crippen LogP contribution >= 0.6 is 0 Å². The maximum Gasteiger partial charge on any atom is 0.191 e. The van der Waals surface area contributed by atoms with Crippen molar-refractivity contribution in [2.45, 2.75) is 39.8 Å². The molecule has 0 unspecified atom stereocenters. The Morgan fingerprint density at radius 2 is 2.04 bits per heavy atom. The highest BCUT2D eigenvalue weighted by atomic mass is 15.3. The second-order valence-electron chi connectivity index (χ2n) is 5.50. The summed E-state index contributed by atoms with van der Waals surface area (Å²) in [7, 11) is 0. The highest BCUT2D eigenvalue weighted by molar-refractivity contribution is 5.79. The number of aromatic nitrogens is 2. The number of hydrogen-bond acceptors (Lipinski definition) is 2. The highest BCUT2D eigenvalue weighted by Gasteiger charge is 2.00. The molecule has 0 radical (unpaired) electrons. The minimum atomic E-state index is 0.675. The Morgan fingerprint density at radius 3 is 2.78 bits per heavy atom. The van der Waals surface area contributed by atoms with Crippen LogP contribution in [0.15, 0.2) is 47.7 Å².